The minimum absolute atomic E-state index is 0.611. The molecule has 0 aliphatic rings. The largest absolute Gasteiger partial charge is 0.457 e. The van der Waals surface area contributed by atoms with Gasteiger partial charge in [0.15, 0.2) is 5.58 Å². The molecule has 2 aromatic heterocycles. The van der Waals surface area contributed by atoms with Gasteiger partial charge in [-0.1, -0.05) is 133 Å². The second-order valence-electron chi connectivity index (χ2n) is 14.3. The van der Waals surface area contributed by atoms with Gasteiger partial charge in [-0.2, -0.15) is 0 Å². The third-order valence-corrected chi connectivity index (χ3v) is 11.9. The van der Waals surface area contributed by atoms with Crippen LogP contribution in [0.3, 0.4) is 0 Å². The van der Waals surface area contributed by atoms with Crippen LogP contribution in [-0.4, -0.2) is 4.98 Å². The molecule has 9 aromatic carbocycles. The van der Waals surface area contributed by atoms with Crippen molar-refractivity contribution in [2.24, 2.45) is 0 Å². The van der Waals surface area contributed by atoms with Crippen molar-refractivity contribution in [3.8, 4) is 45.2 Å². The van der Waals surface area contributed by atoms with Crippen molar-refractivity contribution in [2.75, 3.05) is 4.90 Å². The Morgan fingerprint density at radius 3 is 1.93 bits per heavy atom. The zero-order valence-corrected chi connectivity index (χ0v) is 32.1. The monoisotopic (exact) mass is 762 g/mol. The van der Waals surface area contributed by atoms with Crippen LogP contribution in [0.4, 0.5) is 17.1 Å². The van der Waals surface area contributed by atoms with E-state index in [0.717, 1.165) is 67.1 Å². The fourth-order valence-electron chi connectivity index (χ4n) is 8.02. The quantitative estimate of drug-likeness (QED) is 0.155. The predicted octanol–water partition coefficient (Wildman–Crippen LogP) is 15.6. The van der Waals surface area contributed by atoms with Gasteiger partial charge < -0.3 is 14.1 Å². The summed E-state index contributed by atoms with van der Waals surface area (Å²) in [7, 11) is 0. The molecule has 0 atom stereocenters. The molecule has 11 aromatic rings. The number of fused-ring (bicyclic) bond motifs is 5. The van der Waals surface area contributed by atoms with Gasteiger partial charge in [-0.05, 0) is 88.8 Å². The van der Waals surface area contributed by atoms with Crippen molar-refractivity contribution < 1.29 is 9.15 Å². The first-order chi connectivity index (χ1) is 28.7. The maximum atomic E-state index is 6.75. The number of nitrogens with zero attached hydrogens (tertiary/aromatic N) is 2. The number of para-hydroxylation sites is 1. The highest BCUT2D eigenvalue weighted by molar-refractivity contribution is 7.26. The van der Waals surface area contributed by atoms with Gasteiger partial charge >= 0.3 is 0 Å². The van der Waals surface area contributed by atoms with E-state index in [0.29, 0.717) is 5.89 Å². The Hall–Kier alpha value is -7.47. The van der Waals surface area contributed by atoms with E-state index < -0.39 is 0 Å². The molecule has 0 aliphatic heterocycles. The van der Waals surface area contributed by atoms with Crippen LogP contribution in [-0.2, 0) is 0 Å². The minimum Gasteiger partial charge on any atom is -0.457 e. The summed E-state index contributed by atoms with van der Waals surface area (Å²) in [6.07, 6.45) is 0. The molecule has 0 aliphatic carbocycles. The Labute approximate surface area is 339 Å². The van der Waals surface area contributed by atoms with Crippen molar-refractivity contribution >= 4 is 70.4 Å². The fourth-order valence-corrected chi connectivity index (χ4v) is 9.14. The van der Waals surface area contributed by atoms with Crippen LogP contribution in [0.2, 0.25) is 0 Å². The number of hydrogen-bond acceptors (Lipinski definition) is 5. The van der Waals surface area contributed by atoms with E-state index in [-0.39, 0.29) is 0 Å². The molecule has 0 amide bonds. The van der Waals surface area contributed by atoms with E-state index in [1.165, 1.54) is 31.3 Å². The third-order valence-electron chi connectivity index (χ3n) is 10.7. The van der Waals surface area contributed by atoms with E-state index in [2.05, 4.69) is 157 Å². The molecule has 0 unspecified atom stereocenters. The number of rotatable bonds is 8. The lowest BCUT2D eigenvalue weighted by molar-refractivity contribution is 0.483. The summed E-state index contributed by atoms with van der Waals surface area (Å²) in [5.41, 5.74) is 10.2. The normalized spacial score (nSPS) is 11.4. The van der Waals surface area contributed by atoms with Crippen LogP contribution >= 0.6 is 11.3 Å². The van der Waals surface area contributed by atoms with Crippen LogP contribution < -0.4 is 9.64 Å². The molecule has 0 fully saturated rings. The average molecular weight is 763 g/mol. The standard InChI is InChI=1S/C53H34N2O2S/c1-3-13-35(14-4-1)36-25-29-40(30-26-36)55(46-21-12-24-50-51(46)45-19-9-10-23-49(45)58-50)47-34-42(33-39-17-7-8-18-43(39)47)56-41-31-27-37(28-32-41)44-20-11-22-48-52(44)54-53(57-48)38-15-5-2-6-16-38/h1-34H. The van der Waals surface area contributed by atoms with E-state index in [1.54, 1.807) is 0 Å². The SMILES string of the molecule is c1ccc(-c2ccc(N(c3cc(Oc4ccc(-c5cccc6oc(-c7ccccc7)nc56)cc4)cc4ccccc34)c3cccc4sc5ccccc5c34)cc2)cc1. The number of benzene rings is 9. The number of hydrogen-bond donors (Lipinski definition) is 0. The highest BCUT2D eigenvalue weighted by Gasteiger charge is 2.22. The van der Waals surface area contributed by atoms with Gasteiger partial charge in [0, 0.05) is 48.4 Å². The Bertz CT molecular complexity index is 3240. The van der Waals surface area contributed by atoms with Crippen LogP contribution in [0, 0.1) is 0 Å². The molecule has 0 saturated carbocycles. The zero-order chi connectivity index (χ0) is 38.4. The molecular weight excluding hydrogens is 729 g/mol. The molecule has 5 heteroatoms. The molecule has 11 rings (SSSR count). The topological polar surface area (TPSA) is 38.5 Å². The number of thiophene rings is 1. The minimum atomic E-state index is 0.611. The maximum absolute atomic E-state index is 6.75. The van der Waals surface area contributed by atoms with Crippen molar-refractivity contribution in [2.45, 2.75) is 0 Å². The Morgan fingerprint density at radius 2 is 1.12 bits per heavy atom. The highest BCUT2D eigenvalue weighted by Crippen LogP contribution is 2.48. The van der Waals surface area contributed by atoms with Gasteiger partial charge in [0.2, 0.25) is 5.89 Å². The maximum Gasteiger partial charge on any atom is 0.227 e. The highest BCUT2D eigenvalue weighted by atomic mass is 32.1. The molecule has 0 N–H and O–H groups in total. The first-order valence-electron chi connectivity index (χ1n) is 19.4. The van der Waals surface area contributed by atoms with Crippen molar-refractivity contribution in [1.82, 2.24) is 4.98 Å². The average Bonchev–Trinajstić information content (AvgIpc) is 3.91. The summed E-state index contributed by atoms with van der Waals surface area (Å²) < 4.78 is 15.4. The number of anilines is 3. The van der Waals surface area contributed by atoms with Crippen molar-refractivity contribution in [3.63, 3.8) is 0 Å². The van der Waals surface area contributed by atoms with Crippen LogP contribution in [0.25, 0.3) is 75.8 Å². The molecule has 58 heavy (non-hydrogen) atoms. The first kappa shape index (κ1) is 33.8. The molecule has 274 valence electrons. The summed E-state index contributed by atoms with van der Waals surface area (Å²) in [6, 6.07) is 72.0. The van der Waals surface area contributed by atoms with E-state index in [1.807, 2.05) is 65.9 Å². The second kappa shape index (κ2) is 14.2. The summed E-state index contributed by atoms with van der Waals surface area (Å²) >= 11 is 1.83. The smallest absolute Gasteiger partial charge is 0.227 e. The summed E-state index contributed by atoms with van der Waals surface area (Å²) in [4.78, 5) is 7.30. The van der Waals surface area contributed by atoms with Crippen LogP contribution in [0.15, 0.2) is 211 Å². The second-order valence-corrected chi connectivity index (χ2v) is 15.4. The van der Waals surface area contributed by atoms with Gasteiger partial charge in [-0.15, -0.1) is 11.3 Å². The number of ether oxygens (including phenoxy) is 1. The third kappa shape index (κ3) is 6.06. The van der Waals surface area contributed by atoms with E-state index in [9.17, 15) is 0 Å². The molecule has 0 spiro atoms. The van der Waals surface area contributed by atoms with Gasteiger partial charge in [0.05, 0.1) is 11.4 Å². The fraction of sp³-hybridized carbons (Fsp3) is 0. The van der Waals surface area contributed by atoms with E-state index >= 15 is 0 Å². The molecule has 4 nitrogen and oxygen atoms in total. The van der Waals surface area contributed by atoms with Crippen molar-refractivity contribution in [1.29, 1.82) is 0 Å². The van der Waals surface area contributed by atoms with Crippen LogP contribution in [0.1, 0.15) is 0 Å². The van der Waals surface area contributed by atoms with Gasteiger partial charge in [0.25, 0.3) is 0 Å². The first-order valence-corrected chi connectivity index (χ1v) is 20.2. The summed E-state index contributed by atoms with van der Waals surface area (Å²) in [5, 5.41) is 4.70. The van der Waals surface area contributed by atoms with Crippen molar-refractivity contribution in [3.05, 3.63) is 206 Å². The number of oxazole rings is 1. The Kier molecular flexibility index (Phi) is 8.30. The summed E-state index contributed by atoms with van der Waals surface area (Å²) in [6.45, 7) is 0. The molecular formula is C53H34N2O2S. The Balaban J connectivity index is 1.01. The van der Waals surface area contributed by atoms with E-state index in [4.69, 9.17) is 14.1 Å². The Morgan fingerprint density at radius 1 is 0.466 bits per heavy atom. The van der Waals surface area contributed by atoms with Gasteiger partial charge in [-0.3, -0.25) is 0 Å². The lowest BCUT2D eigenvalue weighted by Gasteiger charge is -2.28. The zero-order valence-electron chi connectivity index (χ0n) is 31.2. The lowest BCUT2D eigenvalue weighted by Crippen LogP contribution is -2.11. The number of aromatic nitrogens is 1. The van der Waals surface area contributed by atoms with Gasteiger partial charge in [0.1, 0.15) is 17.0 Å². The lowest BCUT2D eigenvalue weighted by atomic mass is 10.0. The predicted molar refractivity (Wildman–Crippen MR) is 242 cm³/mol. The molecule has 0 bridgehead atoms. The molecule has 0 radical (unpaired) electrons. The van der Waals surface area contributed by atoms with Crippen LogP contribution in [0.5, 0.6) is 11.5 Å². The molecule has 2 heterocycles. The summed E-state index contributed by atoms with van der Waals surface area (Å²) in [5.74, 6) is 2.10. The molecule has 0 saturated heterocycles. The van der Waals surface area contributed by atoms with Gasteiger partial charge in [-0.25, -0.2) is 4.98 Å².